The molecule has 184 valence electrons. The second kappa shape index (κ2) is 15.1. The van der Waals surface area contributed by atoms with Crippen LogP contribution in [0.15, 0.2) is 66.7 Å². The van der Waals surface area contributed by atoms with E-state index in [9.17, 15) is 14.7 Å². The van der Waals surface area contributed by atoms with Crippen molar-refractivity contribution in [1.29, 1.82) is 0 Å². The Morgan fingerprint density at radius 1 is 1.03 bits per heavy atom. The summed E-state index contributed by atoms with van der Waals surface area (Å²) in [4.78, 5) is 24.7. The summed E-state index contributed by atoms with van der Waals surface area (Å²) in [6.45, 7) is 2.92. The van der Waals surface area contributed by atoms with E-state index in [-0.39, 0.29) is 18.9 Å². The molecule has 0 aliphatic carbocycles. The maximum atomic E-state index is 13.1. The SMILES string of the molecule is CSCC[C@H](NC(=O)c1ccc(COCCc2ccc(Cl)cc2)cc1-c1ccccc1C)C(=O)[O-].[Li+]. The molecule has 0 saturated heterocycles. The molecule has 0 aliphatic rings. The third-order valence-corrected chi connectivity index (χ3v) is 6.58. The van der Waals surface area contributed by atoms with Crippen LogP contribution in [0.3, 0.4) is 0 Å². The number of ether oxygens (including phenoxy) is 1. The van der Waals surface area contributed by atoms with Gasteiger partial charge in [-0.2, -0.15) is 11.8 Å². The van der Waals surface area contributed by atoms with E-state index in [1.165, 1.54) is 11.8 Å². The van der Waals surface area contributed by atoms with Crippen molar-refractivity contribution in [3.05, 3.63) is 94.0 Å². The number of carbonyl (C=O) groups is 2. The number of carbonyl (C=O) groups excluding carboxylic acids is 2. The number of halogens is 1. The van der Waals surface area contributed by atoms with Crippen LogP contribution in [-0.2, 0) is 22.6 Å². The van der Waals surface area contributed by atoms with Gasteiger partial charge in [-0.3, -0.25) is 4.79 Å². The van der Waals surface area contributed by atoms with E-state index < -0.39 is 17.9 Å². The average molecular weight is 518 g/mol. The Labute approximate surface area is 234 Å². The Bertz CT molecular complexity index is 1160. The predicted octanol–water partition coefficient (Wildman–Crippen LogP) is 1.68. The Hall–Kier alpha value is -2.20. The molecule has 0 aromatic heterocycles. The largest absolute Gasteiger partial charge is 1.00 e. The van der Waals surface area contributed by atoms with E-state index in [1.807, 2.05) is 73.8 Å². The van der Waals surface area contributed by atoms with Gasteiger partial charge in [-0.1, -0.05) is 54.1 Å². The van der Waals surface area contributed by atoms with Gasteiger partial charge in [-0.25, -0.2) is 0 Å². The Balaban J connectivity index is 0.00000456. The van der Waals surface area contributed by atoms with Crippen LogP contribution >= 0.6 is 23.4 Å². The third-order valence-electron chi connectivity index (χ3n) is 5.68. The van der Waals surface area contributed by atoms with E-state index in [4.69, 9.17) is 16.3 Å². The van der Waals surface area contributed by atoms with Gasteiger partial charge in [0.15, 0.2) is 0 Å². The van der Waals surface area contributed by atoms with Crippen LogP contribution < -0.4 is 29.3 Å². The second-order valence-corrected chi connectivity index (χ2v) is 9.67. The number of thioether (sulfide) groups is 1. The van der Waals surface area contributed by atoms with Crippen molar-refractivity contribution in [2.45, 2.75) is 32.4 Å². The second-order valence-electron chi connectivity index (χ2n) is 8.25. The molecule has 0 aliphatic heterocycles. The topological polar surface area (TPSA) is 78.5 Å². The summed E-state index contributed by atoms with van der Waals surface area (Å²) in [5.74, 6) is -1.11. The number of amides is 1. The van der Waals surface area contributed by atoms with Gasteiger partial charge < -0.3 is 20.0 Å². The maximum Gasteiger partial charge on any atom is 1.00 e. The van der Waals surface area contributed by atoms with Gasteiger partial charge in [-0.05, 0) is 83.9 Å². The number of hydrogen-bond donors (Lipinski definition) is 1. The van der Waals surface area contributed by atoms with Crippen LogP contribution in [0.1, 0.15) is 33.5 Å². The standard InChI is InChI=1S/C28H30ClNO4S.Li/c1-19-5-3-4-6-23(19)25-17-21(18-34-15-13-20-7-10-22(29)11-8-20)9-12-24(25)27(31)30-26(28(32)33)14-16-35-2;/h3-12,17,26H,13-16,18H2,1-2H3,(H,30,31)(H,32,33);/q;+1/p-1/t26-;/m0./s1. The first-order chi connectivity index (χ1) is 16.9. The van der Waals surface area contributed by atoms with Gasteiger partial charge in [0.05, 0.1) is 25.2 Å². The zero-order valence-electron chi connectivity index (χ0n) is 20.9. The van der Waals surface area contributed by atoms with Crippen LogP contribution in [0.5, 0.6) is 0 Å². The Morgan fingerprint density at radius 2 is 1.72 bits per heavy atom. The minimum absolute atomic E-state index is 0. The molecule has 0 bridgehead atoms. The Kier molecular flexibility index (Phi) is 12.6. The normalized spacial score (nSPS) is 11.4. The molecule has 36 heavy (non-hydrogen) atoms. The van der Waals surface area contributed by atoms with Crippen LogP contribution in [-0.4, -0.2) is 36.5 Å². The summed E-state index contributed by atoms with van der Waals surface area (Å²) < 4.78 is 5.89. The Morgan fingerprint density at radius 3 is 2.39 bits per heavy atom. The van der Waals surface area contributed by atoms with E-state index >= 15 is 0 Å². The number of carboxylic acids is 1. The number of aryl methyl sites for hydroxylation is 1. The molecule has 0 unspecified atom stereocenters. The average Bonchev–Trinajstić information content (AvgIpc) is 2.85. The zero-order chi connectivity index (χ0) is 25.2. The number of nitrogens with one attached hydrogen (secondary N) is 1. The molecule has 3 aromatic rings. The summed E-state index contributed by atoms with van der Waals surface area (Å²) >= 11 is 7.46. The molecular weight excluding hydrogens is 489 g/mol. The minimum atomic E-state index is -1.28. The predicted molar refractivity (Wildman–Crippen MR) is 141 cm³/mol. The van der Waals surface area contributed by atoms with E-state index in [2.05, 4.69) is 5.32 Å². The molecule has 1 amide bonds. The zero-order valence-corrected chi connectivity index (χ0v) is 22.5. The molecule has 1 atom stereocenters. The van der Waals surface area contributed by atoms with Crippen molar-refractivity contribution in [3.63, 3.8) is 0 Å². The van der Waals surface area contributed by atoms with Crippen LogP contribution in [0.4, 0.5) is 0 Å². The first-order valence-electron chi connectivity index (χ1n) is 11.4. The van der Waals surface area contributed by atoms with Gasteiger partial charge in [0, 0.05) is 10.6 Å². The summed E-state index contributed by atoms with van der Waals surface area (Å²) in [6, 6.07) is 19.9. The van der Waals surface area contributed by atoms with Crippen LogP contribution in [0.25, 0.3) is 11.1 Å². The molecule has 8 heteroatoms. The summed E-state index contributed by atoms with van der Waals surface area (Å²) in [6.07, 6.45) is 2.96. The van der Waals surface area contributed by atoms with Crippen molar-refractivity contribution in [2.75, 3.05) is 18.6 Å². The smallest absolute Gasteiger partial charge is 0.548 e. The first kappa shape index (κ1) is 30.0. The quantitative estimate of drug-likeness (QED) is 0.292. The van der Waals surface area contributed by atoms with E-state index in [1.54, 1.807) is 6.07 Å². The molecular formula is C28H29ClLiNO4S. The van der Waals surface area contributed by atoms with Crippen molar-refractivity contribution in [2.24, 2.45) is 0 Å². The van der Waals surface area contributed by atoms with Crippen molar-refractivity contribution in [1.82, 2.24) is 5.32 Å². The number of carboxylic acid groups (broad SMARTS) is 1. The molecule has 0 radical (unpaired) electrons. The van der Waals surface area contributed by atoms with Crippen LogP contribution in [0.2, 0.25) is 5.02 Å². The minimum Gasteiger partial charge on any atom is -0.548 e. The first-order valence-corrected chi connectivity index (χ1v) is 13.2. The van der Waals surface area contributed by atoms with Gasteiger partial charge in [0.2, 0.25) is 0 Å². The summed E-state index contributed by atoms with van der Waals surface area (Å²) in [5.41, 5.74) is 5.15. The fraction of sp³-hybridized carbons (Fsp3) is 0.286. The molecule has 0 heterocycles. The number of rotatable bonds is 12. The third kappa shape index (κ3) is 8.72. The fourth-order valence-corrected chi connectivity index (χ4v) is 4.33. The molecule has 1 N–H and O–H groups in total. The van der Waals surface area contributed by atoms with E-state index in [0.29, 0.717) is 36.0 Å². The maximum absolute atomic E-state index is 13.1. The van der Waals surface area contributed by atoms with Crippen LogP contribution in [0, 0.1) is 6.92 Å². The van der Waals surface area contributed by atoms with Gasteiger partial charge in [0.1, 0.15) is 0 Å². The molecule has 3 aromatic carbocycles. The molecule has 5 nitrogen and oxygen atoms in total. The van der Waals surface area contributed by atoms with Crippen molar-refractivity contribution in [3.8, 4) is 11.1 Å². The monoisotopic (exact) mass is 517 g/mol. The molecule has 3 rings (SSSR count). The van der Waals surface area contributed by atoms with Gasteiger partial charge in [-0.15, -0.1) is 0 Å². The fourth-order valence-electron chi connectivity index (χ4n) is 3.73. The number of benzene rings is 3. The van der Waals surface area contributed by atoms with Gasteiger partial charge in [0.25, 0.3) is 5.91 Å². The molecule has 0 fully saturated rings. The molecule has 0 saturated carbocycles. The number of aliphatic carboxylic acids is 1. The van der Waals surface area contributed by atoms with Gasteiger partial charge >= 0.3 is 18.9 Å². The summed E-state index contributed by atoms with van der Waals surface area (Å²) in [7, 11) is 0. The molecule has 0 spiro atoms. The summed E-state index contributed by atoms with van der Waals surface area (Å²) in [5, 5.41) is 14.9. The number of hydrogen-bond acceptors (Lipinski definition) is 5. The van der Waals surface area contributed by atoms with E-state index in [0.717, 1.165) is 34.2 Å². The van der Waals surface area contributed by atoms with Crippen molar-refractivity contribution < 1.29 is 38.3 Å². The van der Waals surface area contributed by atoms with Crippen molar-refractivity contribution >= 4 is 35.2 Å².